The lowest BCUT2D eigenvalue weighted by Crippen LogP contribution is -2.43. The van der Waals surface area contributed by atoms with Crippen molar-refractivity contribution in [1.82, 2.24) is 30.2 Å². The van der Waals surface area contributed by atoms with Crippen LogP contribution in [0, 0.1) is 11.8 Å². The van der Waals surface area contributed by atoms with E-state index in [1.54, 1.807) is 13.4 Å². The van der Waals surface area contributed by atoms with Gasteiger partial charge in [0.05, 0.1) is 25.7 Å². The molecule has 0 amide bonds. The van der Waals surface area contributed by atoms with Crippen LogP contribution in [-0.2, 0) is 0 Å². The number of hydrogen-bond acceptors (Lipinski definition) is 8. The lowest BCUT2D eigenvalue weighted by molar-refractivity contribution is 0.268. The van der Waals surface area contributed by atoms with Gasteiger partial charge in [-0.3, -0.25) is 4.90 Å². The molecular weight excluding hydrogens is 428 g/mol. The van der Waals surface area contributed by atoms with Gasteiger partial charge in [-0.05, 0) is 31.0 Å². The smallest absolute Gasteiger partial charge is 0.231 e. The summed E-state index contributed by atoms with van der Waals surface area (Å²) in [7, 11) is 1.66. The number of ether oxygens (including phenoxy) is 1. The van der Waals surface area contributed by atoms with Crippen LogP contribution in [0.3, 0.4) is 0 Å². The summed E-state index contributed by atoms with van der Waals surface area (Å²) in [5, 5.41) is 10.3. The summed E-state index contributed by atoms with van der Waals surface area (Å²) >= 11 is 0. The van der Waals surface area contributed by atoms with Crippen LogP contribution in [-0.4, -0.2) is 70.7 Å². The molecule has 3 aromatic rings. The second-order valence-electron chi connectivity index (χ2n) is 8.84. The summed E-state index contributed by atoms with van der Waals surface area (Å²) in [5.74, 6) is 8.49. The van der Waals surface area contributed by atoms with Crippen LogP contribution in [0.4, 0.5) is 17.5 Å². The largest absolute Gasteiger partial charge is 0.495 e. The maximum atomic E-state index is 5.64. The first-order valence-corrected chi connectivity index (χ1v) is 12.1. The monoisotopic (exact) mass is 460 g/mol. The van der Waals surface area contributed by atoms with Gasteiger partial charge in [-0.15, -0.1) is 0 Å². The van der Waals surface area contributed by atoms with E-state index in [1.165, 1.54) is 19.3 Å². The maximum Gasteiger partial charge on any atom is 0.231 e. The van der Waals surface area contributed by atoms with E-state index in [1.807, 2.05) is 18.2 Å². The number of hydrogen-bond donors (Lipinski definition) is 4. The van der Waals surface area contributed by atoms with E-state index in [9.17, 15) is 0 Å². The van der Waals surface area contributed by atoms with E-state index in [0.717, 1.165) is 68.2 Å². The second-order valence-corrected chi connectivity index (χ2v) is 8.84. The normalized spacial score (nSPS) is 17.2. The molecule has 2 aromatic heterocycles. The Morgan fingerprint density at radius 2 is 2.00 bits per heavy atom. The minimum absolute atomic E-state index is 0.421. The van der Waals surface area contributed by atoms with Gasteiger partial charge in [0.2, 0.25) is 5.95 Å². The molecule has 1 aliphatic heterocycles. The number of nitrogens with one attached hydrogen (secondary N) is 4. The van der Waals surface area contributed by atoms with Crippen molar-refractivity contribution in [2.24, 2.45) is 0 Å². The van der Waals surface area contributed by atoms with Crippen molar-refractivity contribution in [3.8, 4) is 17.6 Å². The Labute approximate surface area is 200 Å². The molecule has 1 saturated heterocycles. The molecule has 34 heavy (non-hydrogen) atoms. The van der Waals surface area contributed by atoms with Gasteiger partial charge in [-0.25, -0.2) is 4.98 Å². The molecule has 2 fully saturated rings. The molecule has 0 atom stereocenters. The highest BCUT2D eigenvalue weighted by Gasteiger charge is 2.18. The van der Waals surface area contributed by atoms with Crippen molar-refractivity contribution in [2.45, 2.75) is 38.1 Å². The molecule has 5 rings (SSSR count). The molecular formula is C25H32N8O. The third-order valence-electron chi connectivity index (χ3n) is 6.42. The summed E-state index contributed by atoms with van der Waals surface area (Å²) in [5.41, 5.74) is 3.17. The van der Waals surface area contributed by atoms with Crippen LogP contribution in [0.5, 0.6) is 5.75 Å². The Kier molecular flexibility index (Phi) is 7.08. The fraction of sp³-hybridized carbons (Fsp3) is 0.480. The topological polar surface area (TPSA) is 103 Å². The van der Waals surface area contributed by atoms with Crippen LogP contribution < -0.4 is 20.7 Å². The van der Waals surface area contributed by atoms with Gasteiger partial charge in [0.15, 0.2) is 11.5 Å². The van der Waals surface area contributed by atoms with Gasteiger partial charge in [-0.1, -0.05) is 31.1 Å². The Balaban J connectivity index is 1.32. The summed E-state index contributed by atoms with van der Waals surface area (Å²) in [6.07, 6.45) is 7.78. The van der Waals surface area contributed by atoms with Crippen molar-refractivity contribution < 1.29 is 4.74 Å². The average molecular weight is 461 g/mol. The zero-order valence-corrected chi connectivity index (χ0v) is 19.7. The first-order chi connectivity index (χ1) is 16.8. The summed E-state index contributed by atoms with van der Waals surface area (Å²) < 4.78 is 5.64. The minimum atomic E-state index is 0.421. The van der Waals surface area contributed by atoms with Crippen LogP contribution in [0.15, 0.2) is 24.5 Å². The van der Waals surface area contributed by atoms with E-state index in [-0.39, 0.29) is 0 Å². The van der Waals surface area contributed by atoms with Gasteiger partial charge < -0.3 is 25.7 Å². The molecule has 9 heteroatoms. The van der Waals surface area contributed by atoms with Crippen LogP contribution in [0.2, 0.25) is 0 Å². The number of benzene rings is 1. The lowest BCUT2D eigenvalue weighted by atomic mass is 9.95. The number of aromatic nitrogens is 4. The van der Waals surface area contributed by atoms with Crippen molar-refractivity contribution in [1.29, 1.82) is 0 Å². The predicted octanol–water partition coefficient (Wildman–Crippen LogP) is 3.11. The third kappa shape index (κ3) is 5.41. The van der Waals surface area contributed by atoms with Gasteiger partial charge in [0.25, 0.3) is 0 Å². The molecule has 0 unspecified atom stereocenters. The highest BCUT2D eigenvalue weighted by molar-refractivity contribution is 5.84. The zero-order chi connectivity index (χ0) is 23.2. The van der Waals surface area contributed by atoms with E-state index in [4.69, 9.17) is 9.72 Å². The zero-order valence-electron chi connectivity index (χ0n) is 19.7. The Morgan fingerprint density at radius 1 is 1.15 bits per heavy atom. The molecule has 3 heterocycles. The SMILES string of the molecule is COc1cc(C#CCN2CCNCC2)ccc1Nc1nc(NC2CCCCC2)c2nc[nH]c2n1. The molecule has 178 valence electrons. The van der Waals surface area contributed by atoms with Crippen molar-refractivity contribution in [2.75, 3.05) is 50.5 Å². The second kappa shape index (κ2) is 10.7. The number of rotatable bonds is 6. The quantitative estimate of drug-likeness (QED) is 0.416. The number of fused-ring (bicyclic) bond motifs is 1. The Morgan fingerprint density at radius 3 is 2.82 bits per heavy atom. The lowest BCUT2D eigenvalue weighted by Gasteiger charge is -2.24. The first-order valence-electron chi connectivity index (χ1n) is 12.1. The van der Waals surface area contributed by atoms with Crippen molar-refractivity contribution in [3.63, 3.8) is 0 Å². The number of anilines is 3. The number of piperazine rings is 1. The summed E-state index contributed by atoms with van der Waals surface area (Å²) in [6, 6.07) is 6.32. The Bertz CT molecular complexity index is 1170. The molecule has 2 aliphatic rings. The van der Waals surface area contributed by atoms with E-state index in [0.29, 0.717) is 23.4 Å². The van der Waals surface area contributed by atoms with Gasteiger partial charge in [0.1, 0.15) is 11.3 Å². The summed E-state index contributed by atoms with van der Waals surface area (Å²) in [6.45, 7) is 4.91. The molecule has 1 aromatic carbocycles. The third-order valence-corrected chi connectivity index (χ3v) is 6.42. The minimum Gasteiger partial charge on any atom is -0.495 e. The van der Waals surface area contributed by atoms with Gasteiger partial charge in [0, 0.05) is 37.8 Å². The molecule has 0 bridgehead atoms. The number of imidazole rings is 1. The van der Waals surface area contributed by atoms with Crippen LogP contribution >= 0.6 is 0 Å². The van der Waals surface area contributed by atoms with Crippen LogP contribution in [0.1, 0.15) is 37.7 Å². The first kappa shape index (κ1) is 22.4. The molecule has 9 nitrogen and oxygen atoms in total. The molecule has 4 N–H and O–H groups in total. The predicted molar refractivity (Wildman–Crippen MR) is 135 cm³/mol. The molecule has 0 spiro atoms. The number of methoxy groups -OCH3 is 1. The fourth-order valence-corrected chi connectivity index (χ4v) is 4.55. The standard InChI is InChI=1S/C25H32N8O/c1-34-21-16-18(6-5-13-33-14-11-26-12-15-33)9-10-20(21)30-25-31-23-22(27-17-28-23)24(32-25)29-19-7-3-2-4-8-19/h9-10,16-17,19,26H,2-4,7-8,11-15H2,1H3,(H3,27,28,29,30,31,32). The summed E-state index contributed by atoms with van der Waals surface area (Å²) in [4.78, 5) is 19.3. The maximum absolute atomic E-state index is 5.64. The van der Waals surface area contributed by atoms with Crippen LogP contribution in [0.25, 0.3) is 11.2 Å². The van der Waals surface area contributed by atoms with Crippen molar-refractivity contribution >= 4 is 28.6 Å². The number of H-pyrrole nitrogens is 1. The van der Waals surface area contributed by atoms with E-state index >= 15 is 0 Å². The highest BCUT2D eigenvalue weighted by Crippen LogP contribution is 2.30. The van der Waals surface area contributed by atoms with Crippen molar-refractivity contribution in [3.05, 3.63) is 30.1 Å². The number of nitrogens with zero attached hydrogens (tertiary/aromatic N) is 4. The molecule has 0 radical (unpaired) electrons. The van der Waals surface area contributed by atoms with E-state index < -0.39 is 0 Å². The van der Waals surface area contributed by atoms with Gasteiger partial charge in [-0.2, -0.15) is 9.97 Å². The van der Waals surface area contributed by atoms with E-state index in [2.05, 4.69) is 47.6 Å². The van der Waals surface area contributed by atoms with Gasteiger partial charge >= 0.3 is 0 Å². The Hall–Kier alpha value is -3.35. The number of aromatic amines is 1. The molecule has 1 saturated carbocycles. The fourth-order valence-electron chi connectivity index (χ4n) is 4.55. The molecule has 1 aliphatic carbocycles. The average Bonchev–Trinajstić information content (AvgIpc) is 3.35. The highest BCUT2D eigenvalue weighted by atomic mass is 16.5.